The Morgan fingerprint density at radius 1 is 1.09 bits per heavy atom. The van der Waals surface area contributed by atoms with Crippen molar-refractivity contribution < 1.29 is 13.5 Å². The lowest BCUT2D eigenvalue weighted by Crippen LogP contribution is -2.00. The van der Waals surface area contributed by atoms with Gasteiger partial charge in [-0.1, -0.05) is 18.2 Å². The zero-order valence-corrected chi connectivity index (χ0v) is 6.35. The maximum atomic E-state index is 11.5. The van der Waals surface area contributed by atoms with Crippen molar-refractivity contribution in [3.05, 3.63) is 30.3 Å². The second-order valence-electron chi connectivity index (χ2n) is 1.69. The van der Waals surface area contributed by atoms with E-state index in [9.17, 15) is 8.78 Å². The zero-order chi connectivity index (χ0) is 7.40. The Morgan fingerprint density at radius 2 is 1.64 bits per heavy atom. The minimum atomic E-state index is -2.73. The van der Waals surface area contributed by atoms with E-state index in [0.717, 1.165) is 0 Å². The van der Waals surface area contributed by atoms with Gasteiger partial charge in [-0.15, -0.1) is 12.4 Å². The molecule has 0 radical (unpaired) electrons. The molecule has 1 rings (SSSR count). The minimum Gasteiger partial charge on any atom is -0.435 e. The first-order valence-electron chi connectivity index (χ1n) is 2.79. The molecule has 0 aromatic heterocycles. The van der Waals surface area contributed by atoms with E-state index in [1.807, 2.05) is 0 Å². The molecule has 1 nitrogen and oxygen atoms in total. The van der Waals surface area contributed by atoms with Crippen LogP contribution < -0.4 is 4.74 Å². The molecule has 0 aliphatic heterocycles. The molecule has 0 atom stereocenters. The van der Waals surface area contributed by atoms with Crippen LogP contribution in [0.2, 0.25) is 0 Å². The van der Waals surface area contributed by atoms with E-state index in [1.165, 1.54) is 12.1 Å². The van der Waals surface area contributed by atoms with E-state index in [4.69, 9.17) is 0 Å². The smallest absolute Gasteiger partial charge is 0.387 e. The third-order valence-electron chi connectivity index (χ3n) is 0.968. The molecule has 0 amide bonds. The van der Waals surface area contributed by atoms with E-state index >= 15 is 0 Å². The standard InChI is InChI=1S/C7H6F2O.ClH/c8-7(9)10-6-4-2-1-3-5-6;/h1-5,7H;1H. The molecule has 0 aliphatic carbocycles. The van der Waals surface area contributed by atoms with Crippen molar-refractivity contribution in [3.8, 4) is 5.75 Å². The van der Waals surface area contributed by atoms with Gasteiger partial charge in [0.15, 0.2) is 0 Å². The molecule has 0 aliphatic rings. The molecular formula is C7H7ClF2O. The average Bonchev–Trinajstić information content (AvgIpc) is 1.88. The van der Waals surface area contributed by atoms with Crippen molar-refractivity contribution in [1.82, 2.24) is 0 Å². The van der Waals surface area contributed by atoms with Crippen molar-refractivity contribution in [2.24, 2.45) is 0 Å². The Kier molecular flexibility index (Phi) is 4.54. The molecule has 0 N–H and O–H groups in total. The predicted octanol–water partition coefficient (Wildman–Crippen LogP) is 2.71. The van der Waals surface area contributed by atoms with E-state index in [2.05, 4.69) is 4.74 Å². The summed E-state index contributed by atoms with van der Waals surface area (Å²) in [5.74, 6) is 0.192. The first kappa shape index (κ1) is 10.2. The van der Waals surface area contributed by atoms with Gasteiger partial charge in [0, 0.05) is 0 Å². The second-order valence-corrected chi connectivity index (χ2v) is 1.69. The summed E-state index contributed by atoms with van der Waals surface area (Å²) in [6.07, 6.45) is 0. The summed E-state index contributed by atoms with van der Waals surface area (Å²) in [4.78, 5) is 0. The number of halogens is 3. The molecule has 11 heavy (non-hydrogen) atoms. The highest BCUT2D eigenvalue weighted by Gasteiger charge is 2.01. The van der Waals surface area contributed by atoms with Crippen LogP contribution in [0, 0.1) is 0 Å². The van der Waals surface area contributed by atoms with Crippen molar-refractivity contribution in [2.45, 2.75) is 6.61 Å². The summed E-state index contributed by atoms with van der Waals surface area (Å²) in [5.41, 5.74) is 0. The summed E-state index contributed by atoms with van der Waals surface area (Å²) in [6.45, 7) is -2.73. The van der Waals surface area contributed by atoms with Gasteiger partial charge in [0.1, 0.15) is 5.75 Å². The van der Waals surface area contributed by atoms with Crippen LogP contribution in [0.1, 0.15) is 0 Å². The summed E-state index contributed by atoms with van der Waals surface area (Å²) in [6, 6.07) is 7.96. The van der Waals surface area contributed by atoms with Crippen LogP contribution in [0.5, 0.6) is 5.75 Å². The van der Waals surface area contributed by atoms with Gasteiger partial charge < -0.3 is 4.74 Å². The molecule has 0 fully saturated rings. The molecule has 1 aromatic rings. The quantitative estimate of drug-likeness (QED) is 0.680. The average molecular weight is 181 g/mol. The van der Waals surface area contributed by atoms with Crippen molar-refractivity contribution in [2.75, 3.05) is 0 Å². The number of para-hydroxylation sites is 1. The van der Waals surface area contributed by atoms with Gasteiger partial charge in [-0.05, 0) is 12.1 Å². The topological polar surface area (TPSA) is 9.23 Å². The lowest BCUT2D eigenvalue weighted by Gasteiger charge is -2.01. The Hall–Kier alpha value is -0.830. The maximum absolute atomic E-state index is 11.5. The third kappa shape index (κ3) is 3.78. The first-order chi connectivity index (χ1) is 4.79. The molecule has 0 saturated carbocycles. The molecule has 0 bridgehead atoms. The molecule has 0 saturated heterocycles. The fourth-order valence-corrected chi connectivity index (χ4v) is 0.602. The lowest BCUT2D eigenvalue weighted by molar-refractivity contribution is -0.0498. The fraction of sp³-hybridized carbons (Fsp3) is 0.143. The van der Waals surface area contributed by atoms with Gasteiger partial charge in [0.25, 0.3) is 0 Å². The van der Waals surface area contributed by atoms with Gasteiger partial charge in [0.05, 0.1) is 0 Å². The van der Waals surface area contributed by atoms with Crippen molar-refractivity contribution >= 4 is 12.4 Å². The van der Waals surface area contributed by atoms with Crippen LogP contribution in [-0.2, 0) is 0 Å². The van der Waals surface area contributed by atoms with Crippen LogP contribution in [0.25, 0.3) is 0 Å². The van der Waals surface area contributed by atoms with Gasteiger partial charge in [0.2, 0.25) is 0 Å². The Balaban J connectivity index is 0.000001000. The van der Waals surface area contributed by atoms with Crippen molar-refractivity contribution in [1.29, 1.82) is 0 Å². The second kappa shape index (κ2) is 4.91. The number of benzene rings is 1. The van der Waals surface area contributed by atoms with E-state index < -0.39 is 6.61 Å². The van der Waals surface area contributed by atoms with Gasteiger partial charge in [-0.3, -0.25) is 0 Å². The molecule has 0 heterocycles. The van der Waals surface area contributed by atoms with E-state index in [-0.39, 0.29) is 18.2 Å². The molecule has 4 heteroatoms. The van der Waals surface area contributed by atoms with E-state index in [0.29, 0.717) is 0 Å². The monoisotopic (exact) mass is 180 g/mol. The summed E-state index contributed by atoms with van der Waals surface area (Å²) >= 11 is 0. The summed E-state index contributed by atoms with van der Waals surface area (Å²) in [5, 5.41) is 0. The first-order valence-corrected chi connectivity index (χ1v) is 2.79. The minimum absolute atomic E-state index is 0. The largest absolute Gasteiger partial charge is 0.435 e. The number of hydrogen-bond donors (Lipinski definition) is 0. The van der Waals surface area contributed by atoms with Crippen LogP contribution in [0.4, 0.5) is 8.78 Å². The number of hydrogen-bond acceptors (Lipinski definition) is 1. The van der Waals surface area contributed by atoms with Crippen LogP contribution in [-0.4, -0.2) is 6.61 Å². The zero-order valence-electron chi connectivity index (χ0n) is 5.54. The number of ether oxygens (including phenoxy) is 1. The fourth-order valence-electron chi connectivity index (χ4n) is 0.602. The van der Waals surface area contributed by atoms with E-state index in [1.54, 1.807) is 18.2 Å². The predicted molar refractivity (Wildman–Crippen MR) is 40.3 cm³/mol. The third-order valence-corrected chi connectivity index (χ3v) is 0.968. The van der Waals surface area contributed by atoms with Gasteiger partial charge in [-0.25, -0.2) is 0 Å². The molecule has 0 spiro atoms. The van der Waals surface area contributed by atoms with Crippen LogP contribution in [0.3, 0.4) is 0 Å². The normalized spacial score (nSPS) is 9.00. The van der Waals surface area contributed by atoms with Crippen molar-refractivity contribution in [3.63, 3.8) is 0 Å². The maximum Gasteiger partial charge on any atom is 0.387 e. The Morgan fingerprint density at radius 3 is 2.09 bits per heavy atom. The summed E-state index contributed by atoms with van der Waals surface area (Å²) in [7, 11) is 0. The number of rotatable bonds is 2. The van der Waals surface area contributed by atoms with Gasteiger partial charge >= 0.3 is 6.61 Å². The van der Waals surface area contributed by atoms with Crippen LogP contribution >= 0.6 is 12.4 Å². The Labute approximate surface area is 69.4 Å². The highest BCUT2D eigenvalue weighted by atomic mass is 35.5. The highest BCUT2D eigenvalue weighted by molar-refractivity contribution is 5.85. The lowest BCUT2D eigenvalue weighted by atomic mass is 10.3. The SMILES string of the molecule is Cl.FC(F)Oc1ccccc1. The molecule has 1 aromatic carbocycles. The molecule has 62 valence electrons. The molecular weight excluding hydrogens is 174 g/mol. The summed E-state index contributed by atoms with van der Waals surface area (Å²) < 4.78 is 27.1. The van der Waals surface area contributed by atoms with Gasteiger partial charge in [-0.2, -0.15) is 8.78 Å². The molecule has 0 unspecified atom stereocenters. The number of alkyl halides is 2. The highest BCUT2D eigenvalue weighted by Crippen LogP contribution is 2.11. The van der Waals surface area contributed by atoms with Crippen LogP contribution in [0.15, 0.2) is 30.3 Å². The Bertz CT molecular complexity index is 191.